The van der Waals surface area contributed by atoms with Gasteiger partial charge >= 0.3 is 0 Å². The van der Waals surface area contributed by atoms with E-state index in [1.54, 1.807) is 7.11 Å². The number of hydrogen-bond acceptors (Lipinski definition) is 3. The van der Waals surface area contributed by atoms with Gasteiger partial charge in [-0.3, -0.25) is 0 Å². The average molecular weight is 250 g/mol. The summed E-state index contributed by atoms with van der Waals surface area (Å²) in [5, 5.41) is 0. The van der Waals surface area contributed by atoms with Crippen molar-refractivity contribution in [2.24, 2.45) is 17.4 Å². The molecule has 0 saturated carbocycles. The second kappa shape index (κ2) is 7.39. The van der Waals surface area contributed by atoms with Gasteiger partial charge in [-0.25, -0.2) is 0 Å². The molecule has 1 rings (SSSR count). The number of hydrogen-bond donors (Lipinski definition) is 2. The number of rotatable bonds is 7. The van der Waals surface area contributed by atoms with Gasteiger partial charge in [-0.05, 0) is 68.0 Å². The predicted octanol–water partition coefficient (Wildman–Crippen LogP) is 2.42. The van der Waals surface area contributed by atoms with E-state index in [1.807, 2.05) is 6.07 Å². The van der Waals surface area contributed by atoms with Gasteiger partial charge < -0.3 is 16.2 Å². The topological polar surface area (TPSA) is 61.3 Å². The van der Waals surface area contributed by atoms with Gasteiger partial charge in [-0.2, -0.15) is 0 Å². The summed E-state index contributed by atoms with van der Waals surface area (Å²) < 4.78 is 5.25. The monoisotopic (exact) mass is 250 g/mol. The Morgan fingerprint density at radius 1 is 1.22 bits per heavy atom. The van der Waals surface area contributed by atoms with Crippen LogP contribution >= 0.6 is 0 Å². The fraction of sp³-hybridized carbons (Fsp3) is 0.600. The highest BCUT2D eigenvalue weighted by molar-refractivity contribution is 5.36. The van der Waals surface area contributed by atoms with Crippen LogP contribution in [0.25, 0.3) is 0 Å². The van der Waals surface area contributed by atoms with Crippen LogP contribution in [0.3, 0.4) is 0 Å². The summed E-state index contributed by atoms with van der Waals surface area (Å²) >= 11 is 0. The Morgan fingerprint density at radius 2 is 1.89 bits per heavy atom. The summed E-state index contributed by atoms with van der Waals surface area (Å²) in [5.74, 6) is 1.87. The number of ether oxygens (including phenoxy) is 1. The van der Waals surface area contributed by atoms with Crippen LogP contribution in [-0.4, -0.2) is 20.2 Å². The molecule has 102 valence electrons. The Hall–Kier alpha value is -1.06. The minimum Gasteiger partial charge on any atom is -0.497 e. The van der Waals surface area contributed by atoms with E-state index < -0.39 is 0 Å². The van der Waals surface area contributed by atoms with Crippen molar-refractivity contribution in [3.05, 3.63) is 29.3 Å². The van der Waals surface area contributed by atoms with Gasteiger partial charge in [0.05, 0.1) is 7.11 Å². The summed E-state index contributed by atoms with van der Waals surface area (Å²) in [4.78, 5) is 0. The standard InChI is InChI=1S/C15H26N2O/c1-4-13(8-12(9-16)10-17)15-6-5-14(18-3)7-11(15)2/h5-7,12-13H,4,8-10,16-17H2,1-3H3. The van der Waals surface area contributed by atoms with Crippen LogP contribution in [0.15, 0.2) is 18.2 Å². The summed E-state index contributed by atoms with van der Waals surface area (Å²) in [7, 11) is 1.70. The van der Waals surface area contributed by atoms with Gasteiger partial charge in [0.15, 0.2) is 0 Å². The third-order valence-electron chi connectivity index (χ3n) is 3.69. The van der Waals surface area contributed by atoms with Crippen molar-refractivity contribution < 1.29 is 4.74 Å². The van der Waals surface area contributed by atoms with Gasteiger partial charge in [0.2, 0.25) is 0 Å². The van der Waals surface area contributed by atoms with E-state index in [0.717, 1.165) is 18.6 Å². The minimum atomic E-state index is 0.413. The zero-order valence-corrected chi connectivity index (χ0v) is 11.8. The van der Waals surface area contributed by atoms with E-state index in [0.29, 0.717) is 24.9 Å². The largest absolute Gasteiger partial charge is 0.497 e. The van der Waals surface area contributed by atoms with Crippen molar-refractivity contribution in [1.29, 1.82) is 0 Å². The van der Waals surface area contributed by atoms with E-state index >= 15 is 0 Å². The van der Waals surface area contributed by atoms with Crippen molar-refractivity contribution in [2.75, 3.05) is 20.2 Å². The van der Waals surface area contributed by atoms with Gasteiger partial charge in [0.1, 0.15) is 5.75 Å². The lowest BCUT2D eigenvalue weighted by molar-refractivity contribution is 0.412. The van der Waals surface area contributed by atoms with Crippen LogP contribution in [0.5, 0.6) is 5.75 Å². The highest BCUT2D eigenvalue weighted by Gasteiger charge is 2.16. The van der Waals surface area contributed by atoms with Crippen LogP contribution in [0.1, 0.15) is 36.8 Å². The molecule has 0 saturated heterocycles. The van der Waals surface area contributed by atoms with Crippen LogP contribution in [0.2, 0.25) is 0 Å². The smallest absolute Gasteiger partial charge is 0.119 e. The van der Waals surface area contributed by atoms with Crippen LogP contribution < -0.4 is 16.2 Å². The van der Waals surface area contributed by atoms with Crippen LogP contribution in [0, 0.1) is 12.8 Å². The maximum atomic E-state index is 5.75. The van der Waals surface area contributed by atoms with Crippen molar-refractivity contribution >= 4 is 0 Å². The van der Waals surface area contributed by atoms with Gasteiger partial charge in [-0.1, -0.05) is 13.0 Å². The van der Waals surface area contributed by atoms with Crippen molar-refractivity contribution in [3.63, 3.8) is 0 Å². The Labute approximate surface area is 111 Å². The maximum Gasteiger partial charge on any atom is 0.119 e. The van der Waals surface area contributed by atoms with Gasteiger partial charge in [-0.15, -0.1) is 0 Å². The van der Waals surface area contributed by atoms with E-state index in [-0.39, 0.29) is 0 Å². The second-order valence-corrected chi connectivity index (χ2v) is 4.90. The highest BCUT2D eigenvalue weighted by atomic mass is 16.5. The van der Waals surface area contributed by atoms with Crippen molar-refractivity contribution in [1.82, 2.24) is 0 Å². The fourth-order valence-electron chi connectivity index (χ4n) is 2.44. The molecule has 3 heteroatoms. The first-order valence-electron chi connectivity index (χ1n) is 6.70. The molecule has 0 radical (unpaired) electrons. The van der Waals surface area contributed by atoms with E-state index in [9.17, 15) is 0 Å². The first-order valence-corrected chi connectivity index (χ1v) is 6.70. The summed E-state index contributed by atoms with van der Waals surface area (Å²) in [6.45, 7) is 5.70. The molecule has 4 N–H and O–H groups in total. The molecule has 0 aliphatic carbocycles. The summed E-state index contributed by atoms with van der Waals surface area (Å²) in [6.07, 6.45) is 2.18. The van der Waals surface area contributed by atoms with Crippen molar-refractivity contribution in [3.8, 4) is 5.75 Å². The second-order valence-electron chi connectivity index (χ2n) is 4.90. The van der Waals surface area contributed by atoms with Gasteiger partial charge in [0, 0.05) is 0 Å². The number of benzene rings is 1. The lowest BCUT2D eigenvalue weighted by Gasteiger charge is -2.22. The molecule has 0 amide bonds. The molecule has 1 aromatic carbocycles. The molecular formula is C15H26N2O. The maximum absolute atomic E-state index is 5.75. The average Bonchev–Trinajstić information content (AvgIpc) is 2.41. The molecule has 3 nitrogen and oxygen atoms in total. The molecule has 0 fully saturated rings. The van der Waals surface area contributed by atoms with E-state index in [2.05, 4.69) is 26.0 Å². The van der Waals surface area contributed by atoms with Crippen LogP contribution in [-0.2, 0) is 0 Å². The molecule has 0 aromatic heterocycles. The summed E-state index contributed by atoms with van der Waals surface area (Å²) in [6, 6.07) is 6.30. The Bertz CT molecular complexity index is 362. The molecule has 0 aliphatic heterocycles. The highest BCUT2D eigenvalue weighted by Crippen LogP contribution is 2.30. The fourth-order valence-corrected chi connectivity index (χ4v) is 2.44. The normalized spacial score (nSPS) is 12.8. The zero-order valence-electron chi connectivity index (χ0n) is 11.8. The zero-order chi connectivity index (χ0) is 13.5. The molecule has 1 atom stereocenters. The number of nitrogens with two attached hydrogens (primary N) is 2. The quantitative estimate of drug-likeness (QED) is 0.781. The molecule has 1 unspecified atom stereocenters. The number of methoxy groups -OCH3 is 1. The number of aryl methyl sites for hydroxylation is 1. The third kappa shape index (κ3) is 3.72. The molecule has 0 bridgehead atoms. The minimum absolute atomic E-state index is 0.413. The molecular weight excluding hydrogens is 224 g/mol. The summed E-state index contributed by atoms with van der Waals surface area (Å²) in [5.41, 5.74) is 14.2. The van der Waals surface area contributed by atoms with Gasteiger partial charge in [0.25, 0.3) is 0 Å². The van der Waals surface area contributed by atoms with E-state index in [1.165, 1.54) is 11.1 Å². The molecule has 0 heterocycles. The predicted molar refractivity (Wildman–Crippen MR) is 77.0 cm³/mol. The molecule has 0 spiro atoms. The molecule has 1 aromatic rings. The SMILES string of the molecule is CCC(CC(CN)CN)c1ccc(OC)cc1C. The molecule has 0 aliphatic rings. The Morgan fingerprint density at radius 3 is 2.33 bits per heavy atom. The molecule has 18 heavy (non-hydrogen) atoms. The van der Waals surface area contributed by atoms with E-state index in [4.69, 9.17) is 16.2 Å². The lowest BCUT2D eigenvalue weighted by atomic mass is 9.85. The lowest BCUT2D eigenvalue weighted by Crippen LogP contribution is -2.25. The third-order valence-corrected chi connectivity index (χ3v) is 3.69. The first kappa shape index (κ1) is 15.0. The first-order chi connectivity index (χ1) is 8.65. The Balaban J connectivity index is 2.87. The Kier molecular flexibility index (Phi) is 6.16. The van der Waals surface area contributed by atoms with Crippen molar-refractivity contribution in [2.45, 2.75) is 32.6 Å². The van der Waals surface area contributed by atoms with Crippen LogP contribution in [0.4, 0.5) is 0 Å².